The minimum absolute atomic E-state index is 0.0687. The maximum Gasteiger partial charge on any atom is 0.232 e. The highest BCUT2D eigenvalue weighted by Crippen LogP contribution is 2.72. The van der Waals surface area contributed by atoms with Gasteiger partial charge in [-0.25, -0.2) is 0 Å². The van der Waals surface area contributed by atoms with Crippen molar-refractivity contribution in [1.29, 1.82) is 0 Å². The summed E-state index contributed by atoms with van der Waals surface area (Å²) < 4.78 is 0.841. The van der Waals surface area contributed by atoms with Crippen LogP contribution < -0.4 is 5.32 Å². The van der Waals surface area contributed by atoms with Crippen LogP contribution in [0.3, 0.4) is 0 Å². The summed E-state index contributed by atoms with van der Waals surface area (Å²) in [5.41, 5.74) is -0.776. The van der Waals surface area contributed by atoms with Crippen LogP contribution in [0.25, 0.3) is 0 Å². The minimum Gasteiger partial charge on any atom is -0.325 e. The molecule has 0 heterocycles. The minimum atomic E-state index is -0.700. The summed E-state index contributed by atoms with van der Waals surface area (Å²) in [6, 6.07) is 7.54. The summed E-state index contributed by atoms with van der Waals surface area (Å²) in [4.78, 5) is 25.4. The largest absolute Gasteiger partial charge is 0.325 e. The van der Waals surface area contributed by atoms with Crippen LogP contribution in [0.5, 0.6) is 0 Å². The molecule has 3 atom stereocenters. The average Bonchev–Trinajstić information content (AvgIpc) is 2.74. The lowest BCUT2D eigenvalue weighted by molar-refractivity contribution is -0.130. The van der Waals surface area contributed by atoms with Crippen LogP contribution in [-0.2, 0) is 9.59 Å². The van der Waals surface area contributed by atoms with Crippen molar-refractivity contribution in [3.63, 3.8) is 0 Å². The number of hydrogen-bond donors (Lipinski definition) is 1. The average molecular weight is 429 g/mol. The first-order valence-corrected chi connectivity index (χ1v) is 9.14. The number of anilines is 1. The van der Waals surface area contributed by atoms with Crippen molar-refractivity contribution in [2.45, 2.75) is 38.4 Å². The van der Waals surface area contributed by atoms with Crippen molar-refractivity contribution in [1.82, 2.24) is 0 Å². The fraction of sp³-hybridized carbons (Fsp3) is 0.529. The van der Waals surface area contributed by atoms with E-state index in [9.17, 15) is 9.59 Å². The molecule has 1 aromatic carbocycles. The summed E-state index contributed by atoms with van der Waals surface area (Å²) in [5, 5.41) is 3.03. The number of alkyl halides is 1. The van der Waals surface area contributed by atoms with Crippen molar-refractivity contribution in [3.8, 4) is 0 Å². The molecule has 2 aliphatic rings. The van der Waals surface area contributed by atoms with E-state index in [2.05, 4.69) is 51.0 Å². The molecule has 2 fully saturated rings. The molecule has 118 valence electrons. The molecule has 5 heteroatoms. The monoisotopic (exact) mass is 427 g/mol. The van der Waals surface area contributed by atoms with Gasteiger partial charge >= 0.3 is 0 Å². The summed E-state index contributed by atoms with van der Waals surface area (Å²) >= 11 is 7.00. The SMILES string of the molecule is CC12CCC(C(=O)Nc3ccccc3Br)([C@H](Br)C1=O)C2(C)C. The number of hydrogen-bond acceptors (Lipinski definition) is 2. The fourth-order valence-electron chi connectivity index (χ4n) is 4.25. The molecule has 1 N–H and O–H groups in total. The molecule has 2 aliphatic carbocycles. The zero-order valence-electron chi connectivity index (χ0n) is 12.9. The molecule has 0 aromatic heterocycles. The van der Waals surface area contributed by atoms with Crippen LogP contribution in [0.4, 0.5) is 5.69 Å². The molecule has 2 saturated carbocycles. The lowest BCUT2D eigenvalue weighted by atomic mass is 9.64. The predicted octanol–water partition coefficient (Wildman–Crippen LogP) is 4.55. The number of nitrogens with one attached hydrogen (secondary N) is 1. The van der Waals surface area contributed by atoms with E-state index in [0.717, 1.165) is 23.0 Å². The van der Waals surface area contributed by atoms with Gasteiger partial charge in [-0.2, -0.15) is 0 Å². The van der Waals surface area contributed by atoms with Crippen molar-refractivity contribution >= 4 is 49.2 Å². The Kier molecular flexibility index (Phi) is 3.61. The number of ketones is 1. The van der Waals surface area contributed by atoms with Crippen LogP contribution in [0.2, 0.25) is 0 Å². The maximum atomic E-state index is 13.1. The normalized spacial score (nSPS) is 35.7. The summed E-state index contributed by atoms with van der Waals surface area (Å²) in [6.07, 6.45) is 1.50. The molecule has 0 saturated heterocycles. The number of benzene rings is 1. The molecule has 0 aliphatic heterocycles. The quantitative estimate of drug-likeness (QED) is 0.702. The number of fused-ring (bicyclic) bond motifs is 2. The number of amides is 1. The van der Waals surface area contributed by atoms with Gasteiger partial charge in [0.1, 0.15) is 0 Å². The van der Waals surface area contributed by atoms with Gasteiger partial charge in [-0.15, -0.1) is 0 Å². The molecule has 3 rings (SSSR count). The number of para-hydroxylation sites is 1. The first kappa shape index (κ1) is 16.2. The summed E-state index contributed by atoms with van der Waals surface area (Å²) in [7, 11) is 0. The lowest BCUT2D eigenvalue weighted by Gasteiger charge is -2.39. The molecule has 0 spiro atoms. The Balaban J connectivity index is 2.02. The number of carbonyl (C=O) groups excluding carboxylic acids is 2. The number of halogens is 2. The molecule has 22 heavy (non-hydrogen) atoms. The Bertz CT molecular complexity index is 672. The van der Waals surface area contributed by atoms with Crippen molar-refractivity contribution in [2.75, 3.05) is 5.32 Å². The van der Waals surface area contributed by atoms with Crippen LogP contribution >= 0.6 is 31.9 Å². The third-order valence-corrected chi connectivity index (χ3v) is 8.14. The van der Waals surface area contributed by atoms with E-state index in [4.69, 9.17) is 0 Å². The van der Waals surface area contributed by atoms with Crippen molar-refractivity contribution < 1.29 is 9.59 Å². The first-order chi connectivity index (χ1) is 10.2. The summed E-state index contributed by atoms with van der Waals surface area (Å²) in [6.45, 7) is 6.11. The second kappa shape index (κ2) is 4.91. The highest BCUT2D eigenvalue weighted by Gasteiger charge is 2.76. The fourth-order valence-corrected chi connectivity index (χ4v) is 6.15. The maximum absolute atomic E-state index is 13.1. The number of rotatable bonds is 2. The zero-order chi connectivity index (χ0) is 16.3. The molecule has 2 bridgehead atoms. The first-order valence-electron chi connectivity index (χ1n) is 7.43. The Morgan fingerprint density at radius 3 is 2.41 bits per heavy atom. The second-order valence-electron chi connectivity index (χ2n) is 7.09. The van der Waals surface area contributed by atoms with Gasteiger partial charge < -0.3 is 5.32 Å². The van der Waals surface area contributed by atoms with Crippen LogP contribution in [-0.4, -0.2) is 16.5 Å². The molecule has 1 aromatic rings. The van der Waals surface area contributed by atoms with Gasteiger partial charge in [0.05, 0.1) is 15.9 Å². The Hall–Kier alpha value is -0.680. The third-order valence-electron chi connectivity index (χ3n) is 6.25. The van der Waals surface area contributed by atoms with Gasteiger partial charge in [-0.1, -0.05) is 48.8 Å². The molecular formula is C17H19Br2NO2. The van der Waals surface area contributed by atoms with Gasteiger partial charge in [-0.3, -0.25) is 9.59 Å². The van der Waals surface area contributed by atoms with Crippen molar-refractivity contribution in [2.24, 2.45) is 16.2 Å². The Morgan fingerprint density at radius 1 is 1.23 bits per heavy atom. The van der Waals surface area contributed by atoms with E-state index < -0.39 is 15.7 Å². The van der Waals surface area contributed by atoms with Crippen LogP contribution in [0.1, 0.15) is 33.6 Å². The topological polar surface area (TPSA) is 46.2 Å². The Morgan fingerprint density at radius 2 is 1.86 bits per heavy atom. The van der Waals surface area contributed by atoms with Gasteiger partial charge in [0.2, 0.25) is 5.91 Å². The molecular weight excluding hydrogens is 410 g/mol. The van der Waals surface area contributed by atoms with E-state index in [1.807, 2.05) is 31.2 Å². The standard InChI is InChI=1S/C17H19Br2NO2/c1-15(2)16(3)8-9-17(15,12(19)13(16)21)14(22)20-11-7-5-4-6-10(11)18/h4-7,12H,8-9H2,1-3H3,(H,20,22)/t12-,16?,17?/m1/s1. The van der Waals surface area contributed by atoms with Gasteiger partial charge in [0.15, 0.2) is 5.78 Å². The second-order valence-corrected chi connectivity index (χ2v) is 8.86. The van der Waals surface area contributed by atoms with Gasteiger partial charge in [0.25, 0.3) is 0 Å². The highest BCUT2D eigenvalue weighted by atomic mass is 79.9. The van der Waals surface area contributed by atoms with Crippen LogP contribution in [0.15, 0.2) is 28.7 Å². The van der Waals surface area contributed by atoms with Crippen LogP contribution in [0, 0.1) is 16.2 Å². The molecule has 2 unspecified atom stereocenters. The van der Waals surface area contributed by atoms with E-state index >= 15 is 0 Å². The lowest BCUT2D eigenvalue weighted by Crippen LogP contribution is -2.48. The predicted molar refractivity (Wildman–Crippen MR) is 94.0 cm³/mol. The van der Waals surface area contributed by atoms with Gasteiger partial charge in [0, 0.05) is 9.89 Å². The number of carbonyl (C=O) groups is 2. The van der Waals surface area contributed by atoms with E-state index in [-0.39, 0.29) is 17.1 Å². The Labute approximate surface area is 147 Å². The summed E-state index contributed by atoms with van der Waals surface area (Å²) in [5.74, 6) is 0.0897. The number of Topliss-reactive ketones (excluding diaryl/α,β-unsaturated/α-hetero) is 1. The third kappa shape index (κ3) is 1.72. The van der Waals surface area contributed by atoms with Crippen molar-refractivity contribution in [3.05, 3.63) is 28.7 Å². The zero-order valence-corrected chi connectivity index (χ0v) is 16.0. The smallest absolute Gasteiger partial charge is 0.232 e. The van der Waals surface area contributed by atoms with E-state index in [1.54, 1.807) is 0 Å². The van der Waals surface area contributed by atoms with E-state index in [0.29, 0.717) is 0 Å². The molecule has 0 radical (unpaired) electrons. The molecule has 1 amide bonds. The highest BCUT2D eigenvalue weighted by molar-refractivity contribution is 9.10. The van der Waals surface area contributed by atoms with E-state index in [1.165, 1.54) is 0 Å². The van der Waals surface area contributed by atoms with Gasteiger partial charge in [-0.05, 0) is 46.3 Å². The molecule has 3 nitrogen and oxygen atoms in total.